The van der Waals surface area contributed by atoms with Gasteiger partial charge in [-0.25, -0.2) is 4.98 Å². The lowest BCUT2D eigenvalue weighted by Gasteiger charge is -2.21. The Kier molecular flexibility index (Phi) is 4.46. The number of carboxylic acids is 1. The van der Waals surface area contributed by atoms with Crippen LogP contribution in [-0.4, -0.2) is 16.7 Å². The second-order valence-electron chi connectivity index (χ2n) is 5.05. The van der Waals surface area contributed by atoms with Crippen molar-refractivity contribution in [2.75, 3.05) is 5.75 Å². The van der Waals surface area contributed by atoms with E-state index in [1.54, 1.807) is 11.3 Å². The average Bonchev–Trinajstić information content (AvgIpc) is 3.05. The van der Waals surface area contributed by atoms with Crippen LogP contribution in [0.25, 0.3) is 10.6 Å². The summed E-state index contributed by atoms with van der Waals surface area (Å²) in [4.78, 5) is 16.4. The maximum Gasteiger partial charge on any atom is 0.115 e. The SMILES string of the molecule is N#Cc1c(SCC(=O)[O-])nc(-c2cccs2)c2c1CCCC2. The number of thioether (sulfide) groups is 1. The van der Waals surface area contributed by atoms with Gasteiger partial charge in [-0.3, -0.25) is 0 Å². The van der Waals surface area contributed by atoms with E-state index < -0.39 is 5.97 Å². The Labute approximate surface area is 136 Å². The Bertz CT molecular complexity index is 748. The minimum Gasteiger partial charge on any atom is -0.549 e. The highest BCUT2D eigenvalue weighted by atomic mass is 32.2. The number of hydrogen-bond donors (Lipinski definition) is 0. The van der Waals surface area contributed by atoms with Crippen LogP contribution in [0.2, 0.25) is 0 Å². The molecule has 2 heterocycles. The number of rotatable bonds is 4. The van der Waals surface area contributed by atoms with E-state index in [4.69, 9.17) is 0 Å². The summed E-state index contributed by atoms with van der Waals surface area (Å²) in [6, 6.07) is 6.22. The Morgan fingerprint density at radius 2 is 2.18 bits per heavy atom. The number of hydrogen-bond acceptors (Lipinski definition) is 6. The molecule has 0 aromatic carbocycles. The first-order valence-corrected chi connectivity index (χ1v) is 8.89. The lowest BCUT2D eigenvalue weighted by atomic mass is 9.88. The second kappa shape index (κ2) is 6.51. The summed E-state index contributed by atoms with van der Waals surface area (Å²) in [5.74, 6) is -1.34. The zero-order valence-electron chi connectivity index (χ0n) is 11.8. The van der Waals surface area contributed by atoms with Gasteiger partial charge in [-0.15, -0.1) is 11.3 Å². The molecule has 112 valence electrons. The van der Waals surface area contributed by atoms with Gasteiger partial charge in [-0.1, -0.05) is 17.8 Å². The molecular formula is C16H13N2O2S2-. The van der Waals surface area contributed by atoms with Crippen molar-refractivity contribution in [2.24, 2.45) is 0 Å². The summed E-state index contributed by atoms with van der Waals surface area (Å²) in [5.41, 5.74) is 3.65. The Morgan fingerprint density at radius 1 is 1.41 bits per heavy atom. The van der Waals surface area contributed by atoms with Gasteiger partial charge in [0.25, 0.3) is 0 Å². The number of nitrogens with zero attached hydrogens (tertiary/aromatic N) is 2. The predicted molar refractivity (Wildman–Crippen MR) is 84.6 cm³/mol. The minimum atomic E-state index is -1.15. The van der Waals surface area contributed by atoms with Gasteiger partial charge in [0, 0.05) is 5.75 Å². The van der Waals surface area contributed by atoms with Crippen LogP contribution in [-0.2, 0) is 17.6 Å². The first kappa shape index (κ1) is 15.1. The smallest absolute Gasteiger partial charge is 0.115 e. The van der Waals surface area contributed by atoms with E-state index in [9.17, 15) is 15.2 Å². The fraction of sp³-hybridized carbons (Fsp3) is 0.312. The number of aliphatic carboxylic acids is 1. The van der Waals surface area contributed by atoms with E-state index in [0.717, 1.165) is 59.1 Å². The van der Waals surface area contributed by atoms with E-state index in [2.05, 4.69) is 11.1 Å². The molecule has 22 heavy (non-hydrogen) atoms. The Morgan fingerprint density at radius 3 is 2.82 bits per heavy atom. The van der Waals surface area contributed by atoms with Crippen LogP contribution in [0, 0.1) is 11.3 Å². The van der Waals surface area contributed by atoms with Crippen molar-refractivity contribution in [1.82, 2.24) is 4.98 Å². The predicted octanol–water partition coefficient (Wildman–Crippen LogP) is 2.40. The van der Waals surface area contributed by atoms with Gasteiger partial charge in [0.15, 0.2) is 0 Å². The molecule has 0 saturated carbocycles. The highest BCUT2D eigenvalue weighted by molar-refractivity contribution is 7.99. The van der Waals surface area contributed by atoms with E-state index in [1.807, 2.05) is 17.5 Å². The zero-order valence-corrected chi connectivity index (χ0v) is 13.4. The van der Waals surface area contributed by atoms with Crippen LogP contribution < -0.4 is 5.11 Å². The first-order valence-electron chi connectivity index (χ1n) is 7.03. The van der Waals surface area contributed by atoms with Crippen LogP contribution in [0.3, 0.4) is 0 Å². The number of carbonyl (C=O) groups is 1. The van der Waals surface area contributed by atoms with Crippen molar-refractivity contribution >= 4 is 29.1 Å². The van der Waals surface area contributed by atoms with Crippen LogP contribution in [0.4, 0.5) is 0 Å². The molecule has 2 aromatic heterocycles. The summed E-state index contributed by atoms with van der Waals surface area (Å²) in [5, 5.41) is 22.7. The summed E-state index contributed by atoms with van der Waals surface area (Å²) in [6.45, 7) is 0. The first-order chi connectivity index (χ1) is 10.7. The summed E-state index contributed by atoms with van der Waals surface area (Å²) < 4.78 is 0. The van der Waals surface area contributed by atoms with Crippen molar-refractivity contribution in [3.63, 3.8) is 0 Å². The third-order valence-corrected chi connectivity index (χ3v) is 5.50. The molecule has 1 aliphatic rings. The number of carbonyl (C=O) groups excluding carboxylic acids is 1. The molecule has 3 rings (SSSR count). The second-order valence-corrected chi connectivity index (χ2v) is 6.97. The number of thiophene rings is 1. The van der Waals surface area contributed by atoms with Gasteiger partial charge in [0.1, 0.15) is 11.1 Å². The van der Waals surface area contributed by atoms with Gasteiger partial charge in [0.2, 0.25) is 0 Å². The molecule has 6 heteroatoms. The molecule has 4 nitrogen and oxygen atoms in total. The third kappa shape index (κ3) is 2.87. The molecule has 0 spiro atoms. The number of pyridine rings is 1. The molecule has 0 fully saturated rings. The summed E-state index contributed by atoms with van der Waals surface area (Å²) in [7, 11) is 0. The van der Waals surface area contributed by atoms with Gasteiger partial charge >= 0.3 is 0 Å². The Hall–Kier alpha value is -1.84. The third-order valence-electron chi connectivity index (χ3n) is 3.68. The quantitative estimate of drug-likeness (QED) is 0.805. The summed E-state index contributed by atoms with van der Waals surface area (Å²) >= 11 is 2.69. The standard InChI is InChI=1S/C16H14N2O2S2/c17-8-12-10-4-1-2-5-11(10)15(13-6-3-7-21-13)18-16(12)22-9-14(19)20/h3,6-7H,1-2,4-5,9H2,(H,19,20)/p-1. The highest BCUT2D eigenvalue weighted by Crippen LogP contribution is 2.37. The number of carboxylic acid groups (broad SMARTS) is 1. The molecule has 0 N–H and O–H groups in total. The van der Waals surface area contributed by atoms with Crippen molar-refractivity contribution in [2.45, 2.75) is 30.7 Å². The van der Waals surface area contributed by atoms with Gasteiger partial charge in [-0.2, -0.15) is 5.26 Å². The van der Waals surface area contributed by atoms with Crippen LogP contribution in [0.5, 0.6) is 0 Å². The lowest BCUT2D eigenvalue weighted by molar-refractivity contribution is -0.301. The molecule has 0 atom stereocenters. The van der Waals surface area contributed by atoms with Crippen LogP contribution in [0.15, 0.2) is 22.5 Å². The van der Waals surface area contributed by atoms with Crippen LogP contribution >= 0.6 is 23.1 Å². The van der Waals surface area contributed by atoms with Crippen molar-refractivity contribution < 1.29 is 9.90 Å². The Balaban J connectivity index is 2.16. The number of nitriles is 1. The molecular weight excluding hydrogens is 316 g/mol. The minimum absolute atomic E-state index is 0.190. The molecule has 0 bridgehead atoms. The molecule has 2 aromatic rings. The molecule has 0 amide bonds. The summed E-state index contributed by atoms with van der Waals surface area (Å²) in [6.07, 6.45) is 3.94. The van der Waals surface area contributed by atoms with E-state index in [-0.39, 0.29) is 5.75 Å². The molecule has 0 saturated heterocycles. The normalized spacial score (nSPS) is 13.4. The van der Waals surface area contributed by atoms with E-state index in [0.29, 0.717) is 10.6 Å². The van der Waals surface area contributed by atoms with E-state index in [1.165, 1.54) is 0 Å². The van der Waals surface area contributed by atoms with Gasteiger partial charge < -0.3 is 9.90 Å². The maximum absolute atomic E-state index is 10.7. The lowest BCUT2D eigenvalue weighted by Crippen LogP contribution is -2.24. The number of fused-ring (bicyclic) bond motifs is 1. The van der Waals surface area contributed by atoms with Gasteiger partial charge in [0.05, 0.1) is 22.1 Å². The fourth-order valence-electron chi connectivity index (χ4n) is 2.76. The molecule has 0 aliphatic heterocycles. The maximum atomic E-state index is 10.7. The largest absolute Gasteiger partial charge is 0.549 e. The highest BCUT2D eigenvalue weighted by Gasteiger charge is 2.23. The molecule has 0 unspecified atom stereocenters. The zero-order chi connectivity index (χ0) is 15.5. The fourth-order valence-corrected chi connectivity index (χ4v) is 4.23. The molecule has 0 radical (unpaired) electrons. The van der Waals surface area contributed by atoms with Crippen molar-refractivity contribution in [1.29, 1.82) is 5.26 Å². The average molecular weight is 329 g/mol. The van der Waals surface area contributed by atoms with Gasteiger partial charge in [-0.05, 0) is 48.3 Å². The topological polar surface area (TPSA) is 76.8 Å². The number of aromatic nitrogens is 1. The van der Waals surface area contributed by atoms with Crippen LogP contribution in [0.1, 0.15) is 29.5 Å². The van der Waals surface area contributed by atoms with Crippen molar-refractivity contribution in [3.05, 3.63) is 34.2 Å². The van der Waals surface area contributed by atoms with E-state index >= 15 is 0 Å². The molecule has 1 aliphatic carbocycles. The monoisotopic (exact) mass is 329 g/mol. The van der Waals surface area contributed by atoms with Crippen molar-refractivity contribution in [3.8, 4) is 16.6 Å².